The van der Waals surface area contributed by atoms with Crippen molar-refractivity contribution in [1.82, 2.24) is 0 Å². The van der Waals surface area contributed by atoms with E-state index in [1.54, 1.807) is 42.5 Å². The van der Waals surface area contributed by atoms with Gasteiger partial charge in [0.2, 0.25) is 0 Å². The summed E-state index contributed by atoms with van der Waals surface area (Å²) in [5.74, 6) is 1.60. The van der Waals surface area contributed by atoms with E-state index in [1.807, 2.05) is 25.1 Å². The van der Waals surface area contributed by atoms with Gasteiger partial charge in [-0.2, -0.15) is 0 Å². The number of aryl methyl sites for hydroxylation is 1. The van der Waals surface area contributed by atoms with Crippen molar-refractivity contribution >= 4 is 35.1 Å². The summed E-state index contributed by atoms with van der Waals surface area (Å²) in [6, 6.07) is 16.0. The Labute approximate surface area is 161 Å². The molecule has 3 aromatic rings. The van der Waals surface area contributed by atoms with Crippen LogP contribution in [0.5, 0.6) is 5.75 Å². The highest BCUT2D eigenvalue weighted by Gasteiger charge is 2.06. The van der Waals surface area contributed by atoms with Crippen LogP contribution in [0.15, 0.2) is 65.1 Å². The van der Waals surface area contributed by atoms with Crippen molar-refractivity contribution in [2.24, 2.45) is 0 Å². The highest BCUT2D eigenvalue weighted by Crippen LogP contribution is 2.28. The summed E-state index contributed by atoms with van der Waals surface area (Å²) in [7, 11) is 0. The number of carbonyl (C=O) groups is 1. The van der Waals surface area contributed by atoms with Gasteiger partial charge in [0.1, 0.15) is 23.9 Å². The zero-order chi connectivity index (χ0) is 18.5. The van der Waals surface area contributed by atoms with Gasteiger partial charge in [-0.3, -0.25) is 4.79 Å². The quantitative estimate of drug-likeness (QED) is 0.364. The lowest BCUT2D eigenvalue weighted by atomic mass is 10.1. The topological polar surface area (TPSA) is 39.4 Å². The third-order valence-electron chi connectivity index (χ3n) is 3.65. The molecule has 1 aromatic heterocycles. The minimum atomic E-state index is -0.0754. The molecule has 132 valence electrons. The number of halogens is 2. The molecule has 0 saturated carbocycles. The first-order valence-corrected chi connectivity index (χ1v) is 8.72. The Morgan fingerprint density at radius 3 is 2.77 bits per heavy atom. The van der Waals surface area contributed by atoms with Gasteiger partial charge in [-0.1, -0.05) is 47.0 Å². The summed E-state index contributed by atoms with van der Waals surface area (Å²) < 4.78 is 11.3. The number of furan rings is 1. The molecule has 3 nitrogen and oxygen atoms in total. The van der Waals surface area contributed by atoms with Crippen molar-refractivity contribution in [3.63, 3.8) is 0 Å². The molecular formula is C21H16Cl2O3. The SMILES string of the molecule is Cc1cccc(C(=O)/C=C/c2ccc(COc3cc(Cl)ccc3Cl)o2)c1. The van der Waals surface area contributed by atoms with Crippen LogP contribution in [0.3, 0.4) is 0 Å². The first-order valence-electron chi connectivity index (χ1n) is 7.97. The van der Waals surface area contributed by atoms with Gasteiger partial charge in [0.05, 0.1) is 5.02 Å². The van der Waals surface area contributed by atoms with Gasteiger partial charge in [-0.05, 0) is 49.4 Å². The van der Waals surface area contributed by atoms with Gasteiger partial charge < -0.3 is 9.15 Å². The van der Waals surface area contributed by atoms with Gasteiger partial charge in [0.25, 0.3) is 0 Å². The highest BCUT2D eigenvalue weighted by molar-refractivity contribution is 6.34. The molecule has 0 amide bonds. The predicted octanol–water partition coefficient (Wildman–Crippen LogP) is 6.37. The summed E-state index contributed by atoms with van der Waals surface area (Å²) in [6.07, 6.45) is 3.13. The summed E-state index contributed by atoms with van der Waals surface area (Å²) in [5.41, 5.74) is 1.69. The van der Waals surface area contributed by atoms with Crippen LogP contribution in [-0.4, -0.2) is 5.78 Å². The number of hydrogen-bond acceptors (Lipinski definition) is 3. The van der Waals surface area contributed by atoms with E-state index in [2.05, 4.69) is 0 Å². The lowest BCUT2D eigenvalue weighted by Gasteiger charge is -2.06. The van der Waals surface area contributed by atoms with Gasteiger partial charge in [-0.25, -0.2) is 0 Å². The van der Waals surface area contributed by atoms with E-state index in [9.17, 15) is 4.79 Å². The van der Waals surface area contributed by atoms with Crippen LogP contribution in [0.1, 0.15) is 27.4 Å². The average molecular weight is 387 g/mol. The molecule has 0 aliphatic heterocycles. The Morgan fingerprint density at radius 2 is 1.96 bits per heavy atom. The average Bonchev–Trinajstić information content (AvgIpc) is 3.08. The summed E-state index contributed by atoms with van der Waals surface area (Å²) in [5, 5.41) is 1.02. The fourth-order valence-electron chi connectivity index (χ4n) is 2.35. The zero-order valence-electron chi connectivity index (χ0n) is 14.0. The Kier molecular flexibility index (Phi) is 5.82. The van der Waals surface area contributed by atoms with Crippen LogP contribution < -0.4 is 4.74 Å². The number of ketones is 1. The Morgan fingerprint density at radius 1 is 1.12 bits per heavy atom. The maximum atomic E-state index is 12.2. The largest absolute Gasteiger partial charge is 0.484 e. The number of benzene rings is 2. The number of rotatable bonds is 6. The Bertz CT molecular complexity index is 957. The monoisotopic (exact) mass is 386 g/mol. The van der Waals surface area contributed by atoms with Crippen LogP contribution in [0.25, 0.3) is 6.08 Å². The van der Waals surface area contributed by atoms with Crippen molar-refractivity contribution in [2.75, 3.05) is 0 Å². The van der Waals surface area contributed by atoms with Gasteiger partial charge in [0, 0.05) is 16.7 Å². The maximum Gasteiger partial charge on any atom is 0.185 e. The lowest BCUT2D eigenvalue weighted by molar-refractivity contribution is 0.104. The van der Waals surface area contributed by atoms with Crippen LogP contribution in [0.2, 0.25) is 10.0 Å². The molecule has 26 heavy (non-hydrogen) atoms. The number of hydrogen-bond donors (Lipinski definition) is 0. The molecule has 5 heteroatoms. The van der Waals surface area contributed by atoms with E-state index in [0.29, 0.717) is 32.9 Å². The van der Waals surface area contributed by atoms with Crippen molar-refractivity contribution < 1.29 is 13.9 Å². The van der Waals surface area contributed by atoms with E-state index >= 15 is 0 Å². The molecule has 0 aliphatic rings. The summed E-state index contributed by atoms with van der Waals surface area (Å²) in [4.78, 5) is 12.2. The molecule has 0 atom stereocenters. The van der Waals surface area contributed by atoms with Crippen LogP contribution >= 0.6 is 23.2 Å². The second-order valence-electron chi connectivity index (χ2n) is 5.73. The molecule has 1 heterocycles. The third kappa shape index (κ3) is 4.78. The Hall–Kier alpha value is -2.49. The molecule has 0 saturated heterocycles. The van der Waals surface area contributed by atoms with Crippen molar-refractivity contribution in [1.29, 1.82) is 0 Å². The van der Waals surface area contributed by atoms with Crippen molar-refractivity contribution in [3.8, 4) is 5.75 Å². The minimum Gasteiger partial charge on any atom is -0.484 e. The number of carbonyl (C=O) groups excluding carboxylic acids is 1. The van der Waals surface area contributed by atoms with Gasteiger partial charge in [0.15, 0.2) is 5.78 Å². The van der Waals surface area contributed by atoms with E-state index in [0.717, 1.165) is 5.56 Å². The second kappa shape index (κ2) is 8.26. The normalized spacial score (nSPS) is 11.0. The molecule has 0 bridgehead atoms. The van der Waals surface area contributed by atoms with Crippen molar-refractivity contribution in [3.05, 3.63) is 93.4 Å². The third-order valence-corrected chi connectivity index (χ3v) is 4.19. The molecule has 0 aliphatic carbocycles. The van der Waals surface area contributed by atoms with Crippen LogP contribution in [0.4, 0.5) is 0 Å². The first kappa shape index (κ1) is 18.3. The molecule has 0 fully saturated rings. The van der Waals surface area contributed by atoms with E-state index in [4.69, 9.17) is 32.4 Å². The number of allylic oxidation sites excluding steroid dienone is 1. The summed E-state index contributed by atoms with van der Waals surface area (Å²) >= 11 is 12.0. The van der Waals surface area contributed by atoms with Crippen molar-refractivity contribution in [2.45, 2.75) is 13.5 Å². The fraction of sp³-hybridized carbons (Fsp3) is 0.0952. The van der Waals surface area contributed by atoms with Gasteiger partial charge in [-0.15, -0.1) is 0 Å². The summed E-state index contributed by atoms with van der Waals surface area (Å²) in [6.45, 7) is 2.16. The molecule has 0 radical (unpaired) electrons. The maximum absolute atomic E-state index is 12.2. The number of ether oxygens (including phenoxy) is 1. The van der Waals surface area contributed by atoms with E-state index in [1.165, 1.54) is 6.08 Å². The fourth-order valence-corrected chi connectivity index (χ4v) is 2.68. The van der Waals surface area contributed by atoms with Crippen LogP contribution in [-0.2, 0) is 6.61 Å². The van der Waals surface area contributed by atoms with Gasteiger partial charge >= 0.3 is 0 Å². The first-order chi connectivity index (χ1) is 12.5. The molecule has 0 N–H and O–H groups in total. The molecular weight excluding hydrogens is 371 g/mol. The smallest absolute Gasteiger partial charge is 0.185 e. The molecule has 0 unspecified atom stereocenters. The van der Waals surface area contributed by atoms with E-state index < -0.39 is 0 Å². The Balaban J connectivity index is 1.62. The van der Waals surface area contributed by atoms with E-state index in [-0.39, 0.29) is 12.4 Å². The van der Waals surface area contributed by atoms with Crippen LogP contribution in [0, 0.1) is 6.92 Å². The minimum absolute atomic E-state index is 0.0754. The highest BCUT2D eigenvalue weighted by atomic mass is 35.5. The second-order valence-corrected chi connectivity index (χ2v) is 6.58. The zero-order valence-corrected chi connectivity index (χ0v) is 15.6. The predicted molar refractivity (Wildman–Crippen MR) is 104 cm³/mol. The standard InChI is InChI=1S/C21H16Cl2O3/c1-14-3-2-4-15(11-14)20(24)10-8-17-6-7-18(26-17)13-25-21-12-16(22)5-9-19(21)23/h2-12H,13H2,1H3/b10-8+. The molecule has 3 rings (SSSR count). The molecule has 0 spiro atoms. The lowest BCUT2D eigenvalue weighted by Crippen LogP contribution is -1.94. The molecule has 2 aromatic carbocycles.